The van der Waals surface area contributed by atoms with Gasteiger partial charge in [-0.25, -0.2) is 4.39 Å². The van der Waals surface area contributed by atoms with Gasteiger partial charge in [-0.2, -0.15) is 4.79 Å². The molecule has 3 aromatic rings. The lowest BCUT2D eigenvalue weighted by molar-refractivity contribution is 0.112. The lowest BCUT2D eigenvalue weighted by atomic mass is 9.99. The molecule has 0 unspecified atom stereocenters. The molecule has 0 fully saturated rings. The van der Waals surface area contributed by atoms with Crippen LogP contribution in [0.3, 0.4) is 0 Å². The first-order valence-corrected chi connectivity index (χ1v) is 7.09. The zero-order valence-corrected chi connectivity index (χ0v) is 12.3. The molecule has 0 amide bonds. The number of benzene rings is 2. The zero-order chi connectivity index (χ0) is 15.9. The third-order valence-electron chi connectivity index (χ3n) is 3.89. The molecule has 0 aliphatic rings. The number of carbonyl (C=O) groups is 1. The molecule has 0 radical (unpaired) electrons. The van der Waals surface area contributed by atoms with Gasteiger partial charge in [0, 0.05) is 10.9 Å². The fourth-order valence-electron chi connectivity index (χ4n) is 2.70. The average molecular weight is 299 g/mol. The van der Waals surface area contributed by atoms with Crippen LogP contribution in [0.2, 0.25) is 0 Å². The van der Waals surface area contributed by atoms with Gasteiger partial charge in [0.05, 0.1) is 16.8 Å². The smallest absolute Gasteiger partial charge is 0.153 e. The maximum Gasteiger partial charge on any atom is 0.153 e. The van der Waals surface area contributed by atoms with Gasteiger partial charge in [-0.05, 0) is 23.6 Å². The van der Waals surface area contributed by atoms with E-state index in [1.54, 1.807) is 12.1 Å². The lowest BCUT2D eigenvalue weighted by Gasteiger charge is -2.07. The molecule has 1 aromatic heterocycles. The number of nitrogens with zero attached hydrogens (tertiary/aromatic N) is 1. The van der Waals surface area contributed by atoms with Gasteiger partial charge in [0.25, 0.3) is 0 Å². The Morgan fingerprint density at radius 2 is 1.77 bits per heavy atom. The summed E-state index contributed by atoms with van der Waals surface area (Å²) in [6, 6.07) is 11.4. The minimum atomic E-state index is -0.601. The molecule has 4 heteroatoms. The van der Waals surface area contributed by atoms with Crippen LogP contribution in [0.15, 0.2) is 42.5 Å². The minimum Gasteiger partial charge on any atom is -0.298 e. The first-order valence-electron chi connectivity index (χ1n) is 7.09. The molecule has 0 saturated carbocycles. The summed E-state index contributed by atoms with van der Waals surface area (Å²) in [5.41, 5.74) is 1.84. The number of carbonyl (C=O) groups excluding carboxylic acids is 1. The van der Waals surface area contributed by atoms with Gasteiger partial charge in [-0.1, -0.05) is 48.7 Å². The highest BCUT2D eigenvalue weighted by Gasteiger charge is 2.21. The number of aldehydes is 1. The maximum absolute atomic E-state index is 14.6. The first-order chi connectivity index (χ1) is 10.5. The molecule has 3 rings (SSSR count). The third kappa shape index (κ3) is 2.11. The zero-order valence-electron chi connectivity index (χ0n) is 12.3. The van der Waals surface area contributed by atoms with Gasteiger partial charge in [0.2, 0.25) is 0 Å². The van der Waals surface area contributed by atoms with Gasteiger partial charge in [-0.15, -0.1) is 0 Å². The molecule has 2 nitrogen and oxygen atoms in total. The van der Waals surface area contributed by atoms with Gasteiger partial charge in [0.15, 0.2) is 6.29 Å². The molecule has 22 heavy (non-hydrogen) atoms. The van der Waals surface area contributed by atoms with Crippen molar-refractivity contribution in [1.29, 1.82) is 0 Å². The quantitative estimate of drug-likeness (QED) is 0.615. The monoisotopic (exact) mass is 299 g/mol. The van der Waals surface area contributed by atoms with Crippen LogP contribution < -0.4 is 0 Å². The highest BCUT2D eigenvalue weighted by Crippen LogP contribution is 2.34. The Hall–Kier alpha value is -2.49. The fraction of sp³-hybridized carbons (Fsp3) is 0.167. The van der Waals surface area contributed by atoms with Crippen molar-refractivity contribution in [2.24, 2.45) is 0 Å². The van der Waals surface area contributed by atoms with E-state index in [-0.39, 0.29) is 22.2 Å². The van der Waals surface area contributed by atoms with Gasteiger partial charge in [-0.3, -0.25) is 4.79 Å². The van der Waals surface area contributed by atoms with Crippen LogP contribution in [0.25, 0.3) is 22.2 Å². The summed E-state index contributed by atoms with van der Waals surface area (Å²) in [6.45, 7) is 4.13. The van der Waals surface area contributed by atoms with Crippen molar-refractivity contribution in [2.75, 3.05) is 0 Å². The largest absolute Gasteiger partial charge is 0.298 e. The van der Waals surface area contributed by atoms with Crippen LogP contribution >= 0.6 is 0 Å². The van der Waals surface area contributed by atoms with Crippen LogP contribution in [0.1, 0.15) is 35.7 Å². The summed E-state index contributed by atoms with van der Waals surface area (Å²) in [6.07, 6.45) is 0.507. The maximum atomic E-state index is 14.6. The summed E-state index contributed by atoms with van der Waals surface area (Å²) in [4.78, 5) is 11.8. The Balaban J connectivity index is 2.28. The van der Waals surface area contributed by atoms with Crippen LogP contribution in [-0.2, 0) is 0 Å². The molecule has 0 spiro atoms. The second-order valence-corrected chi connectivity index (χ2v) is 5.57. The highest BCUT2D eigenvalue weighted by atomic mass is 19.2. The van der Waals surface area contributed by atoms with Crippen LogP contribution in [0.4, 0.5) is 8.87 Å². The lowest BCUT2D eigenvalue weighted by Crippen LogP contribution is -1.92. The second-order valence-electron chi connectivity index (χ2n) is 5.57. The number of hydrogen-bond acceptors (Lipinski definition) is 1. The van der Waals surface area contributed by atoms with Crippen molar-refractivity contribution < 1.29 is 13.7 Å². The Bertz CT molecular complexity index is 848. The summed E-state index contributed by atoms with van der Waals surface area (Å²) >= 11 is 0. The van der Waals surface area contributed by atoms with Crippen molar-refractivity contribution >= 4 is 17.2 Å². The van der Waals surface area contributed by atoms with Crippen molar-refractivity contribution in [3.05, 3.63) is 59.4 Å². The third-order valence-corrected chi connectivity index (χ3v) is 3.89. The fourth-order valence-corrected chi connectivity index (χ4v) is 2.70. The predicted molar refractivity (Wildman–Crippen MR) is 83.3 cm³/mol. The van der Waals surface area contributed by atoms with E-state index in [0.29, 0.717) is 22.6 Å². The van der Waals surface area contributed by atoms with E-state index in [4.69, 9.17) is 0 Å². The Morgan fingerprint density at radius 1 is 1.09 bits per heavy atom. The highest BCUT2D eigenvalue weighted by molar-refractivity contribution is 6.05. The van der Waals surface area contributed by atoms with E-state index < -0.39 is 5.82 Å². The Kier molecular flexibility index (Phi) is 3.53. The first kappa shape index (κ1) is 14.4. The molecule has 0 atom stereocenters. The van der Waals surface area contributed by atoms with E-state index in [9.17, 15) is 13.7 Å². The Morgan fingerprint density at radius 3 is 2.36 bits per heavy atom. The van der Waals surface area contributed by atoms with Gasteiger partial charge >= 0.3 is 0 Å². The van der Waals surface area contributed by atoms with Crippen LogP contribution in [0.5, 0.6) is 0 Å². The van der Waals surface area contributed by atoms with Gasteiger partial charge < -0.3 is 0 Å². The normalized spacial score (nSPS) is 11.3. The summed E-state index contributed by atoms with van der Waals surface area (Å²) in [5.74, 6) is -0.246. The van der Waals surface area contributed by atoms with Crippen molar-refractivity contribution in [1.82, 2.24) is 4.79 Å². The number of hydrogen-bond donors (Lipinski definition) is 0. The second kappa shape index (κ2) is 5.37. The topological polar surface area (TPSA) is 22.0 Å². The van der Waals surface area contributed by atoms with Crippen molar-refractivity contribution in [3.8, 4) is 11.3 Å². The standard InChI is InChI=1S/C18H15F2NO/c1-11(2)12-6-8-13(9-7-12)18-14(10-22)17-15(19)4-3-5-16(17)21(18)20/h3-11H,1-2H3. The van der Waals surface area contributed by atoms with Gasteiger partial charge in [0.1, 0.15) is 5.82 Å². The molecule has 2 aromatic carbocycles. The number of halogens is 2. The van der Waals surface area contributed by atoms with E-state index in [0.717, 1.165) is 5.56 Å². The molecule has 0 N–H and O–H groups in total. The number of fused-ring (bicyclic) bond motifs is 1. The molecule has 1 heterocycles. The molecular weight excluding hydrogens is 284 g/mol. The molecule has 112 valence electrons. The molecule has 0 aliphatic heterocycles. The van der Waals surface area contributed by atoms with Crippen molar-refractivity contribution in [3.63, 3.8) is 0 Å². The van der Waals surface area contributed by atoms with E-state index in [1.807, 2.05) is 12.1 Å². The van der Waals surface area contributed by atoms with Crippen LogP contribution in [0, 0.1) is 5.82 Å². The molecule has 0 bridgehead atoms. The molecule has 0 saturated heterocycles. The summed E-state index contributed by atoms with van der Waals surface area (Å²) in [5, 5.41) is 0.0166. The molecule has 0 aliphatic carbocycles. The van der Waals surface area contributed by atoms with Crippen molar-refractivity contribution in [2.45, 2.75) is 19.8 Å². The Labute approximate surface area is 126 Å². The van der Waals surface area contributed by atoms with E-state index in [2.05, 4.69) is 13.8 Å². The average Bonchev–Trinajstić information content (AvgIpc) is 2.81. The SMILES string of the molecule is CC(C)c1ccc(-c2c(C=O)c3c(F)cccc3n2F)cc1. The minimum absolute atomic E-state index is 0.0166. The number of aromatic nitrogens is 1. The predicted octanol–water partition coefficient (Wildman–Crippen LogP) is 5.12. The summed E-state index contributed by atoms with van der Waals surface area (Å²) in [7, 11) is 0. The summed E-state index contributed by atoms with van der Waals surface area (Å²) < 4.78 is 28.6. The van der Waals surface area contributed by atoms with Crippen LogP contribution in [-0.4, -0.2) is 11.1 Å². The van der Waals surface area contributed by atoms with E-state index in [1.165, 1.54) is 18.2 Å². The molecular formula is C18H15F2NO. The number of rotatable bonds is 3. The van der Waals surface area contributed by atoms with E-state index >= 15 is 0 Å².